The maximum atomic E-state index is 12.8. The molecule has 0 spiro atoms. The summed E-state index contributed by atoms with van der Waals surface area (Å²) in [6.45, 7) is 2.43. The summed E-state index contributed by atoms with van der Waals surface area (Å²) in [6.07, 6.45) is -0.907. The molecule has 0 bridgehead atoms. The van der Waals surface area contributed by atoms with E-state index in [2.05, 4.69) is 20.1 Å². The summed E-state index contributed by atoms with van der Waals surface area (Å²) in [7, 11) is 1.64. The van der Waals surface area contributed by atoms with Gasteiger partial charge in [-0.15, -0.1) is 0 Å². The van der Waals surface area contributed by atoms with Gasteiger partial charge in [0.15, 0.2) is 0 Å². The van der Waals surface area contributed by atoms with Crippen LogP contribution in [0, 0.1) is 0 Å². The number of nitrogens with one attached hydrogen (secondary N) is 1. The summed E-state index contributed by atoms with van der Waals surface area (Å²) in [5, 5.41) is 6.99. The highest BCUT2D eigenvalue weighted by atomic mass is 19.4. The van der Waals surface area contributed by atoms with Crippen LogP contribution in [0.15, 0.2) is 54.9 Å². The van der Waals surface area contributed by atoms with Gasteiger partial charge in [-0.25, -0.2) is 0 Å². The largest absolute Gasteiger partial charge is 0.416 e. The van der Waals surface area contributed by atoms with Gasteiger partial charge in [0.2, 0.25) is 0 Å². The van der Waals surface area contributed by atoms with Crippen molar-refractivity contribution in [2.75, 3.05) is 20.3 Å². The molecule has 0 aliphatic carbocycles. The molecule has 1 aromatic carbocycles. The van der Waals surface area contributed by atoms with Crippen LogP contribution in [-0.2, 0) is 24.0 Å². The van der Waals surface area contributed by atoms with Crippen LogP contribution in [0.3, 0.4) is 0 Å². The predicted octanol–water partition coefficient (Wildman–Crippen LogP) is 4.14. The SMILES string of the molecule is COCCN(Cc1ccccn1)Cc1cn[nH]c1-c1ccc(C(F)(F)F)cc1. The fraction of sp³-hybridized carbons (Fsp3) is 0.300. The van der Waals surface area contributed by atoms with E-state index in [9.17, 15) is 13.2 Å². The Balaban J connectivity index is 1.78. The third-order valence-corrected chi connectivity index (χ3v) is 4.34. The fourth-order valence-corrected chi connectivity index (χ4v) is 2.90. The normalized spacial score (nSPS) is 11.9. The van der Waals surface area contributed by atoms with Crippen LogP contribution >= 0.6 is 0 Å². The molecule has 2 heterocycles. The van der Waals surface area contributed by atoms with Crippen molar-refractivity contribution in [3.05, 3.63) is 71.7 Å². The molecule has 148 valence electrons. The van der Waals surface area contributed by atoms with Gasteiger partial charge in [-0.05, 0) is 29.8 Å². The molecule has 0 aliphatic heterocycles. The highest BCUT2D eigenvalue weighted by molar-refractivity contribution is 5.63. The van der Waals surface area contributed by atoms with E-state index in [0.29, 0.717) is 37.5 Å². The first-order chi connectivity index (χ1) is 13.5. The number of aromatic amines is 1. The Bertz CT molecular complexity index is 863. The zero-order valence-electron chi connectivity index (χ0n) is 15.4. The Labute approximate surface area is 161 Å². The molecular formula is C20H21F3N4O. The fourth-order valence-electron chi connectivity index (χ4n) is 2.90. The van der Waals surface area contributed by atoms with E-state index in [1.165, 1.54) is 12.1 Å². The molecule has 5 nitrogen and oxygen atoms in total. The van der Waals surface area contributed by atoms with Crippen molar-refractivity contribution in [1.29, 1.82) is 0 Å². The minimum absolute atomic E-state index is 0.556. The zero-order chi connectivity index (χ0) is 20.0. The van der Waals surface area contributed by atoms with Crippen LogP contribution < -0.4 is 0 Å². The Hall–Kier alpha value is -2.71. The first-order valence-electron chi connectivity index (χ1n) is 8.78. The number of hydrogen-bond donors (Lipinski definition) is 1. The molecule has 3 aromatic rings. The van der Waals surface area contributed by atoms with Crippen molar-refractivity contribution in [1.82, 2.24) is 20.1 Å². The van der Waals surface area contributed by atoms with E-state index in [4.69, 9.17) is 4.74 Å². The van der Waals surface area contributed by atoms with Crippen molar-refractivity contribution in [3.63, 3.8) is 0 Å². The number of ether oxygens (including phenoxy) is 1. The van der Waals surface area contributed by atoms with Crippen LogP contribution in [0.2, 0.25) is 0 Å². The molecule has 0 aliphatic rings. The Morgan fingerprint density at radius 1 is 1.07 bits per heavy atom. The molecule has 0 radical (unpaired) electrons. The van der Waals surface area contributed by atoms with Crippen molar-refractivity contribution < 1.29 is 17.9 Å². The minimum Gasteiger partial charge on any atom is -0.383 e. The van der Waals surface area contributed by atoms with Crippen molar-refractivity contribution in [3.8, 4) is 11.3 Å². The number of aromatic nitrogens is 3. The number of alkyl halides is 3. The highest BCUT2D eigenvalue weighted by Gasteiger charge is 2.30. The van der Waals surface area contributed by atoms with Gasteiger partial charge < -0.3 is 4.74 Å². The smallest absolute Gasteiger partial charge is 0.383 e. The van der Waals surface area contributed by atoms with Gasteiger partial charge >= 0.3 is 6.18 Å². The monoisotopic (exact) mass is 390 g/mol. The molecular weight excluding hydrogens is 369 g/mol. The lowest BCUT2D eigenvalue weighted by Crippen LogP contribution is -2.27. The Morgan fingerprint density at radius 2 is 1.86 bits per heavy atom. The minimum atomic E-state index is -4.35. The maximum absolute atomic E-state index is 12.8. The third-order valence-electron chi connectivity index (χ3n) is 4.34. The lowest BCUT2D eigenvalue weighted by atomic mass is 10.1. The highest BCUT2D eigenvalue weighted by Crippen LogP contribution is 2.31. The van der Waals surface area contributed by atoms with Gasteiger partial charge in [0.1, 0.15) is 0 Å². The van der Waals surface area contributed by atoms with Crippen LogP contribution in [0.1, 0.15) is 16.8 Å². The molecule has 8 heteroatoms. The maximum Gasteiger partial charge on any atom is 0.416 e. The van der Waals surface area contributed by atoms with Crippen LogP contribution in [-0.4, -0.2) is 40.3 Å². The number of H-pyrrole nitrogens is 1. The summed E-state index contributed by atoms with van der Waals surface area (Å²) >= 11 is 0. The summed E-state index contributed by atoms with van der Waals surface area (Å²) < 4.78 is 43.6. The quantitative estimate of drug-likeness (QED) is 0.628. The van der Waals surface area contributed by atoms with Gasteiger partial charge in [0, 0.05) is 38.5 Å². The van der Waals surface area contributed by atoms with E-state index in [0.717, 1.165) is 23.4 Å². The lowest BCUT2D eigenvalue weighted by molar-refractivity contribution is -0.137. The summed E-state index contributed by atoms with van der Waals surface area (Å²) in [6, 6.07) is 10.8. The van der Waals surface area contributed by atoms with Gasteiger partial charge in [-0.2, -0.15) is 18.3 Å². The van der Waals surface area contributed by atoms with Gasteiger partial charge in [0.25, 0.3) is 0 Å². The molecule has 1 N–H and O–H groups in total. The second kappa shape index (κ2) is 8.99. The summed E-state index contributed by atoms with van der Waals surface area (Å²) in [4.78, 5) is 6.51. The molecule has 3 rings (SSSR count). The zero-order valence-corrected chi connectivity index (χ0v) is 15.4. The number of pyridine rings is 1. The number of rotatable bonds is 8. The summed E-state index contributed by atoms with van der Waals surface area (Å²) in [5.41, 5.74) is 2.52. The Morgan fingerprint density at radius 3 is 2.50 bits per heavy atom. The standard InChI is InChI=1S/C20H21F3N4O/c1-28-11-10-27(14-18-4-2-3-9-24-18)13-16-12-25-26-19(16)15-5-7-17(8-6-15)20(21,22)23/h2-9,12H,10-11,13-14H2,1H3,(H,25,26). The average molecular weight is 390 g/mol. The number of benzene rings is 1. The lowest BCUT2D eigenvalue weighted by Gasteiger charge is -2.21. The molecule has 0 unspecified atom stereocenters. The third kappa shape index (κ3) is 5.17. The van der Waals surface area contributed by atoms with E-state index in [-0.39, 0.29) is 0 Å². The molecule has 0 fully saturated rings. The van der Waals surface area contributed by atoms with Gasteiger partial charge in [-0.1, -0.05) is 18.2 Å². The average Bonchev–Trinajstić information content (AvgIpc) is 3.14. The number of methoxy groups -OCH3 is 1. The number of nitrogens with zero attached hydrogens (tertiary/aromatic N) is 3. The Kier molecular flexibility index (Phi) is 6.43. The molecule has 0 saturated heterocycles. The van der Waals surface area contributed by atoms with Crippen molar-refractivity contribution in [2.24, 2.45) is 0 Å². The number of halogens is 3. The topological polar surface area (TPSA) is 54.0 Å². The molecule has 0 atom stereocenters. The second-order valence-electron chi connectivity index (χ2n) is 6.37. The van der Waals surface area contributed by atoms with Crippen LogP contribution in [0.5, 0.6) is 0 Å². The van der Waals surface area contributed by atoms with E-state index in [1.54, 1.807) is 19.5 Å². The van der Waals surface area contributed by atoms with Crippen LogP contribution in [0.4, 0.5) is 13.2 Å². The molecule has 0 amide bonds. The second-order valence-corrected chi connectivity index (χ2v) is 6.37. The van der Waals surface area contributed by atoms with Gasteiger partial charge in [-0.3, -0.25) is 15.0 Å². The predicted molar refractivity (Wildman–Crippen MR) is 99.3 cm³/mol. The van der Waals surface area contributed by atoms with Crippen molar-refractivity contribution >= 4 is 0 Å². The summed E-state index contributed by atoms with van der Waals surface area (Å²) in [5.74, 6) is 0. The van der Waals surface area contributed by atoms with E-state index < -0.39 is 11.7 Å². The molecule has 2 aromatic heterocycles. The molecule has 0 saturated carbocycles. The van der Waals surface area contributed by atoms with Crippen molar-refractivity contribution in [2.45, 2.75) is 19.3 Å². The van der Waals surface area contributed by atoms with E-state index >= 15 is 0 Å². The first kappa shape index (κ1) is 20.0. The van der Waals surface area contributed by atoms with Crippen LogP contribution in [0.25, 0.3) is 11.3 Å². The number of hydrogen-bond acceptors (Lipinski definition) is 4. The molecule has 28 heavy (non-hydrogen) atoms. The van der Waals surface area contributed by atoms with Gasteiger partial charge in [0.05, 0.1) is 29.8 Å². The first-order valence-corrected chi connectivity index (χ1v) is 8.78. The van der Waals surface area contributed by atoms with E-state index in [1.807, 2.05) is 18.2 Å².